The minimum absolute atomic E-state index is 0.769. The zero-order valence-corrected chi connectivity index (χ0v) is 7.42. The first-order valence-electron chi connectivity index (χ1n) is 4.26. The Morgan fingerprint density at radius 3 is 2.67 bits per heavy atom. The maximum atomic E-state index is 5.01. The maximum absolute atomic E-state index is 5.01. The first kappa shape index (κ1) is 9.23. The first-order chi connectivity index (χ1) is 5.93. The fourth-order valence-corrected chi connectivity index (χ4v) is 1.10. The lowest BCUT2D eigenvalue weighted by Crippen LogP contribution is -2.08. The van der Waals surface area contributed by atoms with Crippen molar-refractivity contribution in [1.29, 1.82) is 0 Å². The molecule has 1 rings (SSSR count). The van der Waals surface area contributed by atoms with Gasteiger partial charge in [0, 0.05) is 7.05 Å². The third-order valence-electron chi connectivity index (χ3n) is 1.70. The Morgan fingerprint density at radius 1 is 1.25 bits per heavy atom. The molecule has 1 N–H and O–H groups in total. The molecule has 0 aliphatic rings. The third kappa shape index (κ3) is 3.51. The van der Waals surface area contributed by atoms with Crippen LogP contribution in [0.4, 0.5) is 0 Å². The molecule has 0 atom stereocenters. The van der Waals surface area contributed by atoms with E-state index in [-0.39, 0.29) is 0 Å². The molecular weight excluding hydrogens is 150 g/mol. The second kappa shape index (κ2) is 5.75. The van der Waals surface area contributed by atoms with Gasteiger partial charge < -0.3 is 4.84 Å². The van der Waals surface area contributed by atoms with E-state index in [1.807, 2.05) is 6.07 Å². The monoisotopic (exact) mass is 165 g/mol. The minimum Gasteiger partial charge on any atom is -0.302 e. The summed E-state index contributed by atoms with van der Waals surface area (Å²) in [6, 6.07) is 10.4. The Hall–Kier alpha value is -0.860. The van der Waals surface area contributed by atoms with Gasteiger partial charge >= 0.3 is 0 Å². The van der Waals surface area contributed by atoms with Crippen LogP contribution in [0, 0.1) is 0 Å². The van der Waals surface area contributed by atoms with Crippen molar-refractivity contribution in [3.63, 3.8) is 0 Å². The van der Waals surface area contributed by atoms with Gasteiger partial charge in [0.15, 0.2) is 0 Å². The topological polar surface area (TPSA) is 21.3 Å². The second-order valence-electron chi connectivity index (χ2n) is 2.64. The lowest BCUT2D eigenvalue weighted by molar-refractivity contribution is 0.0564. The van der Waals surface area contributed by atoms with Crippen LogP contribution < -0.4 is 5.48 Å². The normalized spacial score (nSPS) is 10.1. The van der Waals surface area contributed by atoms with Crippen LogP contribution >= 0.6 is 0 Å². The summed E-state index contributed by atoms with van der Waals surface area (Å²) in [5, 5.41) is 0. The molecule has 0 heterocycles. The van der Waals surface area contributed by atoms with Gasteiger partial charge in [-0.05, 0) is 18.4 Å². The number of rotatable bonds is 5. The summed E-state index contributed by atoms with van der Waals surface area (Å²) in [6.45, 7) is 0.769. The lowest BCUT2D eigenvalue weighted by atomic mass is 10.1. The number of benzene rings is 1. The lowest BCUT2D eigenvalue weighted by Gasteiger charge is -2.01. The number of nitrogens with one attached hydrogen (secondary N) is 1. The molecule has 12 heavy (non-hydrogen) atoms. The van der Waals surface area contributed by atoms with E-state index in [0.717, 1.165) is 19.4 Å². The van der Waals surface area contributed by atoms with Crippen molar-refractivity contribution < 1.29 is 4.84 Å². The van der Waals surface area contributed by atoms with Gasteiger partial charge in [0.25, 0.3) is 0 Å². The Balaban J connectivity index is 2.16. The summed E-state index contributed by atoms with van der Waals surface area (Å²) >= 11 is 0. The predicted octanol–water partition coefficient (Wildman–Crippen LogP) is 1.77. The molecule has 0 unspecified atom stereocenters. The number of hydrogen-bond donors (Lipinski definition) is 1. The van der Waals surface area contributed by atoms with Crippen molar-refractivity contribution in [1.82, 2.24) is 5.48 Å². The highest BCUT2D eigenvalue weighted by molar-refractivity contribution is 5.14. The highest BCUT2D eigenvalue weighted by Crippen LogP contribution is 2.01. The van der Waals surface area contributed by atoms with Gasteiger partial charge in [-0.15, -0.1) is 0 Å². The van der Waals surface area contributed by atoms with Gasteiger partial charge in [-0.1, -0.05) is 30.3 Å². The predicted molar refractivity (Wildman–Crippen MR) is 49.8 cm³/mol. The number of aryl methyl sites for hydroxylation is 1. The zero-order valence-electron chi connectivity index (χ0n) is 7.42. The van der Waals surface area contributed by atoms with E-state index in [0.29, 0.717) is 0 Å². The van der Waals surface area contributed by atoms with Crippen molar-refractivity contribution in [3.05, 3.63) is 35.9 Å². The van der Waals surface area contributed by atoms with Crippen molar-refractivity contribution >= 4 is 0 Å². The Labute approximate surface area is 73.5 Å². The summed E-state index contributed by atoms with van der Waals surface area (Å²) in [4.78, 5) is 5.01. The van der Waals surface area contributed by atoms with Crippen LogP contribution in [0.15, 0.2) is 30.3 Å². The molecule has 0 radical (unpaired) electrons. The van der Waals surface area contributed by atoms with Gasteiger partial charge in [0.05, 0.1) is 6.61 Å². The van der Waals surface area contributed by atoms with E-state index in [4.69, 9.17) is 4.84 Å². The van der Waals surface area contributed by atoms with Gasteiger partial charge in [-0.25, -0.2) is 5.48 Å². The van der Waals surface area contributed by atoms with E-state index < -0.39 is 0 Å². The maximum Gasteiger partial charge on any atom is 0.0685 e. The van der Waals surface area contributed by atoms with Crippen LogP contribution in [0.2, 0.25) is 0 Å². The molecule has 0 spiro atoms. The Bertz CT molecular complexity index is 198. The molecule has 0 aliphatic carbocycles. The summed E-state index contributed by atoms with van der Waals surface area (Å²) in [6.07, 6.45) is 2.15. The molecule has 2 heteroatoms. The van der Waals surface area contributed by atoms with Crippen molar-refractivity contribution in [3.8, 4) is 0 Å². The van der Waals surface area contributed by atoms with Crippen LogP contribution in [-0.2, 0) is 11.3 Å². The molecule has 2 nitrogen and oxygen atoms in total. The average molecular weight is 165 g/mol. The van der Waals surface area contributed by atoms with Crippen molar-refractivity contribution in [2.24, 2.45) is 0 Å². The summed E-state index contributed by atoms with van der Waals surface area (Å²) in [5.41, 5.74) is 4.03. The molecule has 1 aromatic carbocycles. The highest BCUT2D eigenvalue weighted by atomic mass is 16.6. The molecule has 0 aromatic heterocycles. The second-order valence-corrected chi connectivity index (χ2v) is 2.64. The van der Waals surface area contributed by atoms with E-state index in [9.17, 15) is 0 Å². The molecule has 0 amide bonds. The van der Waals surface area contributed by atoms with E-state index >= 15 is 0 Å². The Kier molecular flexibility index (Phi) is 4.42. The van der Waals surface area contributed by atoms with Crippen molar-refractivity contribution in [2.75, 3.05) is 13.7 Å². The van der Waals surface area contributed by atoms with Gasteiger partial charge in [-0.2, -0.15) is 0 Å². The highest BCUT2D eigenvalue weighted by Gasteiger charge is 1.90. The zero-order chi connectivity index (χ0) is 8.65. The van der Waals surface area contributed by atoms with Gasteiger partial charge in [-0.3, -0.25) is 0 Å². The third-order valence-corrected chi connectivity index (χ3v) is 1.70. The fourth-order valence-electron chi connectivity index (χ4n) is 1.10. The molecule has 0 aliphatic heterocycles. The van der Waals surface area contributed by atoms with E-state index in [1.165, 1.54) is 5.56 Å². The molecule has 0 fully saturated rings. The Morgan fingerprint density at radius 2 is 2.00 bits per heavy atom. The molecule has 1 aromatic rings. The summed E-state index contributed by atoms with van der Waals surface area (Å²) < 4.78 is 0. The summed E-state index contributed by atoms with van der Waals surface area (Å²) in [5.74, 6) is 0. The number of hydroxylamine groups is 1. The molecule has 66 valence electrons. The molecular formula is C10H15NO. The SMILES string of the molecule is CNOCCCc1ccccc1. The van der Waals surface area contributed by atoms with Gasteiger partial charge in [0.1, 0.15) is 0 Å². The van der Waals surface area contributed by atoms with Crippen LogP contribution in [0.1, 0.15) is 12.0 Å². The summed E-state index contributed by atoms with van der Waals surface area (Å²) in [7, 11) is 1.78. The fraction of sp³-hybridized carbons (Fsp3) is 0.400. The van der Waals surface area contributed by atoms with E-state index in [1.54, 1.807) is 7.05 Å². The van der Waals surface area contributed by atoms with Gasteiger partial charge in [0.2, 0.25) is 0 Å². The quantitative estimate of drug-likeness (QED) is 0.530. The van der Waals surface area contributed by atoms with E-state index in [2.05, 4.69) is 29.7 Å². The standard InChI is InChI=1S/C10H15NO/c1-11-12-9-5-8-10-6-3-2-4-7-10/h2-4,6-7,11H,5,8-9H2,1H3. The molecule has 0 saturated heterocycles. The minimum atomic E-state index is 0.769. The van der Waals surface area contributed by atoms with Crippen molar-refractivity contribution in [2.45, 2.75) is 12.8 Å². The van der Waals surface area contributed by atoms with Crippen LogP contribution in [0.5, 0.6) is 0 Å². The molecule has 0 bridgehead atoms. The number of hydrogen-bond acceptors (Lipinski definition) is 2. The smallest absolute Gasteiger partial charge is 0.0685 e. The molecule has 0 saturated carbocycles. The largest absolute Gasteiger partial charge is 0.302 e. The average Bonchev–Trinajstić information content (AvgIpc) is 2.14. The first-order valence-corrected chi connectivity index (χ1v) is 4.26. The van der Waals surface area contributed by atoms with Crippen LogP contribution in [0.3, 0.4) is 0 Å². The van der Waals surface area contributed by atoms with Crippen LogP contribution in [0.25, 0.3) is 0 Å². The van der Waals surface area contributed by atoms with Crippen LogP contribution in [-0.4, -0.2) is 13.7 Å².